The van der Waals surface area contributed by atoms with E-state index in [0.717, 1.165) is 12.0 Å². The van der Waals surface area contributed by atoms with Crippen LogP contribution in [0.15, 0.2) is 24.3 Å². The van der Waals surface area contributed by atoms with Crippen LogP contribution < -0.4 is 0 Å². The van der Waals surface area contributed by atoms with Crippen LogP contribution in [0.1, 0.15) is 31.9 Å². The van der Waals surface area contributed by atoms with Crippen molar-refractivity contribution >= 4 is 11.7 Å². The number of likely N-dealkylation sites (N-methyl/N-ethyl adjacent to an activating group) is 1. The van der Waals surface area contributed by atoms with Crippen LogP contribution in [0, 0.1) is 16.0 Å². The molecule has 0 heterocycles. The molecule has 6 nitrogen and oxygen atoms in total. The van der Waals surface area contributed by atoms with Crippen LogP contribution in [0.2, 0.25) is 0 Å². The summed E-state index contributed by atoms with van der Waals surface area (Å²) in [6, 6.07) is 6.08. The van der Waals surface area contributed by atoms with Crippen molar-refractivity contribution in [2.75, 3.05) is 14.1 Å². The van der Waals surface area contributed by atoms with Gasteiger partial charge in [-0.15, -0.1) is 0 Å². The van der Waals surface area contributed by atoms with Gasteiger partial charge in [-0.05, 0) is 51.1 Å². The summed E-state index contributed by atoms with van der Waals surface area (Å²) in [7, 11) is 3.75. The fourth-order valence-corrected chi connectivity index (χ4v) is 2.70. The molecule has 1 aliphatic rings. The highest BCUT2D eigenvalue weighted by Gasteiger charge is 2.60. The van der Waals surface area contributed by atoms with Crippen LogP contribution in [-0.2, 0) is 9.53 Å². The van der Waals surface area contributed by atoms with E-state index < -0.39 is 16.6 Å². The largest absolute Gasteiger partial charge is 0.456 e. The van der Waals surface area contributed by atoms with Crippen molar-refractivity contribution in [2.45, 2.75) is 31.9 Å². The highest BCUT2D eigenvalue weighted by molar-refractivity contribution is 5.85. The minimum Gasteiger partial charge on any atom is -0.456 e. The van der Waals surface area contributed by atoms with Crippen molar-refractivity contribution < 1.29 is 14.5 Å². The smallest absolute Gasteiger partial charge is 0.327 e. The number of nitrogens with zero attached hydrogens (tertiary/aromatic N) is 2. The number of ether oxygens (including phenoxy) is 1. The Labute approximate surface area is 123 Å². The lowest BCUT2D eigenvalue weighted by Gasteiger charge is -2.25. The molecule has 1 saturated carbocycles. The van der Waals surface area contributed by atoms with Gasteiger partial charge in [0.2, 0.25) is 0 Å². The first-order valence-corrected chi connectivity index (χ1v) is 6.92. The number of nitro benzene ring substituents is 1. The third kappa shape index (κ3) is 2.76. The minimum atomic E-state index is -0.519. The average Bonchev–Trinajstić information content (AvgIpc) is 3.12. The number of esters is 1. The molecule has 1 aromatic rings. The van der Waals surface area contributed by atoms with Gasteiger partial charge in [0.15, 0.2) is 0 Å². The Hall–Kier alpha value is -1.95. The second kappa shape index (κ2) is 5.44. The molecular weight excluding hydrogens is 272 g/mol. The first kappa shape index (κ1) is 15.4. The molecule has 0 aromatic heterocycles. The third-order valence-electron chi connectivity index (χ3n) is 4.28. The monoisotopic (exact) mass is 292 g/mol. The van der Waals surface area contributed by atoms with Gasteiger partial charge in [0.25, 0.3) is 5.69 Å². The number of benzene rings is 1. The van der Waals surface area contributed by atoms with Crippen molar-refractivity contribution in [3.63, 3.8) is 0 Å². The molecule has 3 unspecified atom stereocenters. The molecule has 1 aliphatic carbocycles. The third-order valence-corrected chi connectivity index (χ3v) is 4.28. The van der Waals surface area contributed by atoms with Crippen molar-refractivity contribution in [3.05, 3.63) is 39.9 Å². The van der Waals surface area contributed by atoms with Gasteiger partial charge >= 0.3 is 5.97 Å². The van der Waals surface area contributed by atoms with E-state index in [9.17, 15) is 14.9 Å². The van der Waals surface area contributed by atoms with Crippen LogP contribution in [-0.4, -0.2) is 35.4 Å². The molecule has 6 heteroatoms. The molecule has 3 atom stereocenters. The van der Waals surface area contributed by atoms with Crippen LogP contribution in [0.3, 0.4) is 0 Å². The molecule has 0 spiro atoms. The summed E-state index contributed by atoms with van der Waals surface area (Å²) >= 11 is 0. The maximum absolute atomic E-state index is 12.4. The first-order valence-electron chi connectivity index (χ1n) is 6.92. The van der Waals surface area contributed by atoms with Gasteiger partial charge in [-0.25, -0.2) is 0 Å². The summed E-state index contributed by atoms with van der Waals surface area (Å²) in [4.78, 5) is 24.4. The van der Waals surface area contributed by atoms with Crippen LogP contribution in [0.25, 0.3) is 0 Å². The van der Waals surface area contributed by atoms with Gasteiger partial charge in [-0.1, -0.05) is 6.92 Å². The zero-order valence-corrected chi connectivity index (χ0v) is 12.7. The summed E-state index contributed by atoms with van der Waals surface area (Å²) in [6.07, 6.45) is 0.370. The Bertz CT molecular complexity index is 555. The van der Waals surface area contributed by atoms with Gasteiger partial charge in [-0.3, -0.25) is 19.8 Å². The van der Waals surface area contributed by atoms with Gasteiger partial charge < -0.3 is 4.74 Å². The number of hydrogen-bond acceptors (Lipinski definition) is 5. The Morgan fingerprint density at radius 2 is 1.95 bits per heavy atom. The molecule has 0 aliphatic heterocycles. The number of non-ortho nitro benzene ring substituents is 1. The summed E-state index contributed by atoms with van der Waals surface area (Å²) in [6.45, 7) is 3.80. The molecule has 0 radical (unpaired) electrons. The van der Waals surface area contributed by atoms with Crippen molar-refractivity contribution in [1.82, 2.24) is 4.90 Å². The fraction of sp³-hybridized carbons (Fsp3) is 0.533. The molecule has 0 amide bonds. The minimum absolute atomic E-state index is 0.0258. The van der Waals surface area contributed by atoms with E-state index in [2.05, 4.69) is 0 Å². The number of rotatable bonds is 5. The first-order chi connectivity index (χ1) is 9.79. The molecule has 0 saturated heterocycles. The highest BCUT2D eigenvalue weighted by atomic mass is 16.6. The van der Waals surface area contributed by atoms with E-state index in [0.29, 0.717) is 0 Å². The molecule has 2 rings (SSSR count). The Kier molecular flexibility index (Phi) is 4.00. The molecular formula is C15H20N2O4. The second-order valence-electron chi connectivity index (χ2n) is 5.82. The summed E-state index contributed by atoms with van der Waals surface area (Å²) in [5, 5.41) is 10.6. The van der Waals surface area contributed by atoms with Crippen LogP contribution >= 0.6 is 0 Å². The second-order valence-corrected chi connectivity index (χ2v) is 5.82. The van der Waals surface area contributed by atoms with Gasteiger partial charge in [0.05, 0.1) is 4.92 Å². The Morgan fingerprint density at radius 1 is 1.43 bits per heavy atom. The van der Waals surface area contributed by atoms with Crippen molar-refractivity contribution in [3.8, 4) is 0 Å². The highest BCUT2D eigenvalue weighted by Crippen LogP contribution is 2.48. The van der Waals surface area contributed by atoms with E-state index in [1.165, 1.54) is 12.1 Å². The van der Waals surface area contributed by atoms with E-state index in [1.54, 1.807) is 19.1 Å². The van der Waals surface area contributed by atoms with Crippen LogP contribution in [0.5, 0.6) is 0 Å². The summed E-state index contributed by atoms with van der Waals surface area (Å²) < 4.78 is 5.55. The molecule has 1 aromatic carbocycles. The number of carbonyl (C=O) groups excluding carboxylic acids is 1. The predicted molar refractivity (Wildman–Crippen MR) is 77.8 cm³/mol. The fourth-order valence-electron chi connectivity index (χ4n) is 2.70. The number of hydrogen-bond donors (Lipinski definition) is 0. The van der Waals surface area contributed by atoms with Gasteiger partial charge in [-0.2, -0.15) is 0 Å². The lowest BCUT2D eigenvalue weighted by molar-refractivity contribution is -0.384. The topological polar surface area (TPSA) is 72.7 Å². The number of carbonyl (C=O) groups is 1. The van der Waals surface area contributed by atoms with Crippen LogP contribution in [0.4, 0.5) is 5.69 Å². The summed E-state index contributed by atoms with van der Waals surface area (Å²) in [5.41, 5.74) is 0.253. The zero-order valence-electron chi connectivity index (χ0n) is 12.7. The van der Waals surface area contributed by atoms with Crippen molar-refractivity contribution in [1.29, 1.82) is 0 Å². The standard InChI is InChI=1S/C15H20N2O4/c1-10-9-15(10,16(3)4)14(18)21-11(2)12-5-7-13(8-6-12)17(19)20/h5-8,10-11H,9H2,1-4H3. The van der Waals surface area contributed by atoms with Gasteiger partial charge in [0.1, 0.15) is 11.6 Å². The number of nitro groups is 1. The van der Waals surface area contributed by atoms with E-state index in [-0.39, 0.29) is 17.6 Å². The van der Waals surface area contributed by atoms with E-state index in [1.807, 2.05) is 25.9 Å². The molecule has 114 valence electrons. The SMILES string of the molecule is CC(OC(=O)C1(N(C)C)CC1C)c1ccc([N+](=O)[O-])cc1. The lowest BCUT2D eigenvalue weighted by Crippen LogP contribution is -2.41. The van der Waals surface area contributed by atoms with Gasteiger partial charge in [0, 0.05) is 12.1 Å². The van der Waals surface area contributed by atoms with E-state index in [4.69, 9.17) is 4.74 Å². The van der Waals surface area contributed by atoms with Crippen molar-refractivity contribution in [2.24, 2.45) is 5.92 Å². The average molecular weight is 292 g/mol. The maximum atomic E-state index is 12.4. The molecule has 1 fully saturated rings. The lowest BCUT2D eigenvalue weighted by atomic mass is 10.1. The Balaban J connectivity index is 2.06. The maximum Gasteiger partial charge on any atom is 0.327 e. The zero-order chi connectivity index (χ0) is 15.8. The normalized spacial score (nSPS) is 25.5. The molecule has 21 heavy (non-hydrogen) atoms. The molecule has 0 N–H and O–H groups in total. The summed E-state index contributed by atoms with van der Waals surface area (Å²) in [5.74, 6) is 0.0508. The Morgan fingerprint density at radius 3 is 2.33 bits per heavy atom. The predicted octanol–water partition coefficient (Wildman–Crippen LogP) is 2.54. The molecule has 0 bridgehead atoms. The van der Waals surface area contributed by atoms with E-state index >= 15 is 0 Å². The quantitative estimate of drug-likeness (QED) is 0.474.